The molecule has 2 nitrogen and oxygen atoms in total. The van der Waals surface area contributed by atoms with Gasteiger partial charge in [0.05, 0.1) is 0 Å². The molecule has 0 saturated heterocycles. The molecule has 0 atom stereocenters. The summed E-state index contributed by atoms with van der Waals surface area (Å²) in [5.41, 5.74) is 0. The average molecular weight is 377 g/mol. The van der Waals surface area contributed by atoms with Crippen LogP contribution in [0.3, 0.4) is 0 Å². The summed E-state index contributed by atoms with van der Waals surface area (Å²) in [6.45, 7) is 0. The topological polar surface area (TPSA) is 40.1 Å². The minimum Gasteiger partial charge on any atom is -0.550 e. The summed E-state index contributed by atoms with van der Waals surface area (Å²) in [5, 5.41) is 12.7. The van der Waals surface area contributed by atoms with Crippen LogP contribution in [0.2, 0.25) is 0 Å². The van der Waals surface area contributed by atoms with Gasteiger partial charge >= 0.3 is 27.7 Å². The van der Waals surface area contributed by atoms with Gasteiger partial charge in [-0.1, -0.05) is 0 Å². The first-order valence-electron chi connectivity index (χ1n) is 2.43. The van der Waals surface area contributed by atoms with Crippen LogP contribution in [-0.2, 0) is 38.9 Å². The monoisotopic (exact) mass is 378 g/mol. The second-order valence-electron chi connectivity index (χ2n) is 1.57. The van der Waals surface area contributed by atoms with Crippen molar-refractivity contribution in [2.24, 2.45) is 0 Å². The van der Waals surface area contributed by atoms with E-state index < -0.39 is 5.97 Å². The van der Waals surface area contributed by atoms with E-state index in [0.717, 1.165) is 4.88 Å². The van der Waals surface area contributed by atoms with Crippen LogP contribution in [-0.4, -0.2) is 5.97 Å². The molecule has 1 heterocycles. The fourth-order valence-corrected chi connectivity index (χ4v) is 1.12. The van der Waals surface area contributed by atoms with Crippen LogP contribution in [0.4, 0.5) is 0 Å². The van der Waals surface area contributed by atoms with E-state index in [9.17, 15) is 9.90 Å². The average Bonchev–Trinajstić information content (AvgIpc) is 2.15. The second-order valence-corrected chi connectivity index (χ2v) is 2.53. The Bertz CT molecular complexity index is 200. The van der Waals surface area contributed by atoms with Crippen molar-refractivity contribution in [3.05, 3.63) is 22.4 Å². The molecule has 0 unspecified atom stereocenters. The predicted molar refractivity (Wildman–Crippen MR) is 39.1 cm³/mol. The minimum atomic E-state index is -1.04. The number of carbonyl (C=O) groups is 1. The predicted octanol–water partition coefficient (Wildman–Crippen LogP) is 0.260. The van der Waals surface area contributed by atoms with E-state index in [1.807, 2.05) is 0 Å². The summed E-state index contributed by atoms with van der Waals surface area (Å²) >= 11 is 1.31. The van der Waals surface area contributed by atoms with E-state index in [1.165, 1.54) is 11.3 Å². The number of hydrogen-bond donors (Lipinski definition) is 0. The second kappa shape index (κ2) is 7.07. The van der Waals surface area contributed by atoms with E-state index in [4.69, 9.17) is 0 Å². The van der Waals surface area contributed by atoms with E-state index in [-0.39, 0.29) is 46.5 Å². The van der Waals surface area contributed by atoms with E-state index in [0.29, 0.717) is 0 Å². The van der Waals surface area contributed by atoms with Crippen molar-refractivity contribution in [2.75, 3.05) is 0 Å². The summed E-state index contributed by atoms with van der Waals surface area (Å²) in [5.74, 6) is -1.04. The molecule has 0 spiro atoms. The van der Waals surface area contributed by atoms with E-state index in [2.05, 4.69) is 5.38 Å². The molecule has 1 rings (SSSR count). The van der Waals surface area contributed by atoms with Crippen molar-refractivity contribution >= 4 is 29.7 Å². The zero-order valence-corrected chi connectivity index (χ0v) is 12.8. The van der Waals surface area contributed by atoms with Crippen LogP contribution >= 0.6 is 23.7 Å². The quantitative estimate of drug-likeness (QED) is 0.694. The van der Waals surface area contributed by atoms with Gasteiger partial charge in [-0.15, -0.1) is 23.7 Å². The fraction of sp³-hybridized carbons (Fsp3) is 0.167. The number of aliphatic carboxylic acids is 1. The van der Waals surface area contributed by atoms with Crippen LogP contribution in [0.1, 0.15) is 4.88 Å². The van der Waals surface area contributed by atoms with Crippen LogP contribution < -0.4 is 5.11 Å². The molecule has 5 heteroatoms. The molecule has 0 aliphatic heterocycles. The normalized spacial score (nSPS) is 7.64. The first kappa shape index (κ1) is 13.9. The summed E-state index contributed by atoms with van der Waals surface area (Å²) in [6, 6.07) is 3.42. The number of hydrogen-bond acceptors (Lipinski definition) is 3. The number of carboxylic acid groups (broad SMARTS) is 1. The Kier molecular flexibility index (Phi) is 8.96. The molecule has 0 saturated carbocycles. The van der Waals surface area contributed by atoms with Crippen molar-refractivity contribution < 1.29 is 37.6 Å². The molecule has 56 valence electrons. The molecule has 0 bridgehead atoms. The summed E-state index contributed by atoms with van der Waals surface area (Å²) in [4.78, 5) is 10.7. The maximum absolute atomic E-state index is 9.95. The standard InChI is InChI=1S/C6H5O2S.ClH.Hg/c7-6(8)4-5-2-1-3-9-5;;/h1-2H,4H2,(H,7,8);1H;/q;;+1/p-1. The first-order valence-corrected chi connectivity index (χ1v) is 3.25. The Morgan fingerprint density at radius 1 is 1.73 bits per heavy atom. The van der Waals surface area contributed by atoms with Crippen molar-refractivity contribution in [1.29, 1.82) is 0 Å². The van der Waals surface area contributed by atoms with Gasteiger partial charge in [0.25, 0.3) is 0 Å². The third kappa shape index (κ3) is 5.64. The van der Waals surface area contributed by atoms with E-state index in [1.54, 1.807) is 12.1 Å². The molecular formula is C6H5ClHgO2S. The zero-order valence-electron chi connectivity index (χ0n) is 5.70. The maximum Gasteiger partial charge on any atom is 1.00 e. The molecule has 2 radical (unpaired) electrons. The third-order valence-corrected chi connectivity index (χ3v) is 1.64. The third-order valence-electron chi connectivity index (χ3n) is 0.846. The van der Waals surface area contributed by atoms with Gasteiger partial charge in [0.2, 0.25) is 0 Å². The van der Waals surface area contributed by atoms with Crippen LogP contribution in [0, 0.1) is 5.38 Å². The van der Waals surface area contributed by atoms with Gasteiger partial charge in [0.15, 0.2) is 0 Å². The van der Waals surface area contributed by atoms with Crippen LogP contribution in [0.5, 0.6) is 0 Å². The minimum absolute atomic E-state index is 0. The molecule has 0 aromatic carbocycles. The Balaban J connectivity index is 0. The SMILES string of the molecule is Cl.O=C([O-])Cc1cc[c]s1.[Hg+]. The fourth-order valence-electron chi connectivity index (χ4n) is 0.508. The van der Waals surface area contributed by atoms with Gasteiger partial charge in [-0.05, 0) is 12.1 Å². The Morgan fingerprint density at radius 2 is 2.36 bits per heavy atom. The zero-order chi connectivity index (χ0) is 6.69. The molecule has 0 aliphatic rings. The molecule has 1 aromatic rings. The Labute approximate surface area is 95.5 Å². The largest absolute Gasteiger partial charge is 1.00 e. The first-order chi connectivity index (χ1) is 4.29. The number of carboxylic acids is 1. The molecule has 0 aliphatic carbocycles. The summed E-state index contributed by atoms with van der Waals surface area (Å²) in [7, 11) is 0. The Hall–Kier alpha value is 0.395. The molecule has 1 aromatic heterocycles. The smallest absolute Gasteiger partial charge is 0.550 e. The summed E-state index contributed by atoms with van der Waals surface area (Å²) < 4.78 is 0. The molecule has 0 fully saturated rings. The number of halogens is 1. The number of thiophene rings is 1. The molecular weight excluding hydrogens is 372 g/mol. The van der Waals surface area contributed by atoms with Gasteiger partial charge in [0, 0.05) is 22.6 Å². The van der Waals surface area contributed by atoms with Gasteiger partial charge in [-0.2, -0.15) is 0 Å². The van der Waals surface area contributed by atoms with Crippen molar-refractivity contribution in [3.63, 3.8) is 0 Å². The number of carbonyl (C=O) groups excluding carboxylic acids is 1. The van der Waals surface area contributed by atoms with Gasteiger partial charge in [-0.3, -0.25) is 0 Å². The summed E-state index contributed by atoms with van der Waals surface area (Å²) in [6.07, 6.45) is 0.00810. The van der Waals surface area contributed by atoms with E-state index >= 15 is 0 Å². The van der Waals surface area contributed by atoms with Crippen molar-refractivity contribution in [3.8, 4) is 0 Å². The van der Waals surface area contributed by atoms with Crippen LogP contribution in [0.25, 0.3) is 0 Å². The number of rotatable bonds is 2. The van der Waals surface area contributed by atoms with Gasteiger partial charge in [0.1, 0.15) is 0 Å². The van der Waals surface area contributed by atoms with Crippen molar-refractivity contribution in [2.45, 2.75) is 6.42 Å². The maximum atomic E-state index is 9.95. The van der Waals surface area contributed by atoms with Crippen molar-refractivity contribution in [1.82, 2.24) is 0 Å². The Morgan fingerprint density at radius 3 is 2.73 bits per heavy atom. The molecule has 0 amide bonds. The molecule has 0 N–H and O–H groups in total. The molecule has 11 heavy (non-hydrogen) atoms. The van der Waals surface area contributed by atoms with Gasteiger partial charge in [-0.25, -0.2) is 0 Å². The van der Waals surface area contributed by atoms with Crippen LogP contribution in [0.15, 0.2) is 12.1 Å². The van der Waals surface area contributed by atoms with Gasteiger partial charge < -0.3 is 9.90 Å².